The molecule has 2 aromatic heterocycles. The molecule has 0 amide bonds. The van der Waals surface area contributed by atoms with Gasteiger partial charge >= 0.3 is 5.97 Å². The van der Waals surface area contributed by atoms with E-state index in [4.69, 9.17) is 14.2 Å². The molecule has 3 aromatic carbocycles. The van der Waals surface area contributed by atoms with Crippen LogP contribution in [0.3, 0.4) is 0 Å². The Bertz CT molecular complexity index is 1710. The second-order valence-corrected chi connectivity index (χ2v) is 11.1. The quantitative estimate of drug-likeness (QED) is 0.145. The van der Waals surface area contributed by atoms with Gasteiger partial charge in [0.05, 0.1) is 37.6 Å². The number of aryl methyl sites for hydroxylation is 3. The minimum absolute atomic E-state index is 0.280. The Kier molecular flexibility index (Phi) is 8.77. The molecule has 224 valence electrons. The third-order valence-electron chi connectivity index (χ3n) is 8.37. The molecule has 5 aromatic rings. The van der Waals surface area contributed by atoms with Gasteiger partial charge in [-0.25, -0.2) is 4.79 Å². The van der Waals surface area contributed by atoms with Crippen LogP contribution in [0.5, 0.6) is 5.75 Å². The van der Waals surface area contributed by atoms with E-state index in [1.54, 1.807) is 0 Å². The van der Waals surface area contributed by atoms with Gasteiger partial charge in [-0.1, -0.05) is 54.6 Å². The van der Waals surface area contributed by atoms with E-state index in [1.165, 1.54) is 0 Å². The van der Waals surface area contributed by atoms with Crippen molar-refractivity contribution in [2.45, 2.75) is 40.2 Å². The summed E-state index contributed by atoms with van der Waals surface area (Å²) in [6, 6.07) is 20.8. The molecule has 8 heteroatoms. The van der Waals surface area contributed by atoms with Crippen molar-refractivity contribution in [1.29, 1.82) is 0 Å². The third kappa shape index (κ3) is 5.90. The molecular weight excluding hydrogens is 540 g/mol. The van der Waals surface area contributed by atoms with Crippen LogP contribution in [0.4, 0.5) is 0 Å². The number of morpholine rings is 1. The van der Waals surface area contributed by atoms with Gasteiger partial charge in [0.15, 0.2) is 0 Å². The van der Waals surface area contributed by atoms with E-state index in [-0.39, 0.29) is 5.97 Å². The third-order valence-corrected chi connectivity index (χ3v) is 8.37. The molecule has 6 rings (SSSR count). The molecule has 0 saturated carbocycles. The first-order valence-corrected chi connectivity index (χ1v) is 15.3. The summed E-state index contributed by atoms with van der Waals surface area (Å²) < 4.78 is 19.8. The molecule has 0 bridgehead atoms. The first-order chi connectivity index (χ1) is 21.1. The second kappa shape index (κ2) is 13.0. The maximum Gasteiger partial charge on any atom is 0.355 e. The van der Waals surface area contributed by atoms with E-state index >= 15 is 0 Å². The zero-order valence-electron chi connectivity index (χ0n) is 25.3. The van der Waals surface area contributed by atoms with Gasteiger partial charge < -0.3 is 18.8 Å². The van der Waals surface area contributed by atoms with Crippen molar-refractivity contribution in [3.63, 3.8) is 0 Å². The number of carbonyl (C=O) groups is 1. The molecule has 1 saturated heterocycles. The first-order valence-electron chi connectivity index (χ1n) is 15.3. The Labute approximate surface area is 252 Å². The molecule has 0 spiro atoms. The van der Waals surface area contributed by atoms with E-state index in [2.05, 4.69) is 56.1 Å². The van der Waals surface area contributed by atoms with Crippen LogP contribution >= 0.6 is 0 Å². The fraction of sp³-hybridized carbons (Fsp3) is 0.371. The number of aromatic nitrogens is 3. The Morgan fingerprint density at radius 3 is 2.53 bits per heavy atom. The topological polar surface area (TPSA) is 81.6 Å². The summed E-state index contributed by atoms with van der Waals surface area (Å²) in [6.45, 7) is 11.5. The zero-order valence-corrected chi connectivity index (χ0v) is 25.3. The smallest absolute Gasteiger partial charge is 0.355 e. The van der Waals surface area contributed by atoms with Crippen molar-refractivity contribution in [1.82, 2.24) is 19.7 Å². The van der Waals surface area contributed by atoms with Crippen LogP contribution in [-0.4, -0.2) is 71.7 Å². The Hall–Kier alpha value is -4.14. The molecule has 43 heavy (non-hydrogen) atoms. The van der Waals surface area contributed by atoms with Crippen molar-refractivity contribution >= 4 is 27.6 Å². The molecule has 0 aliphatic carbocycles. The summed E-state index contributed by atoms with van der Waals surface area (Å²) in [4.78, 5) is 16.1. The number of esters is 1. The SMILES string of the molecule is CCOC(=O)c1c(CCCOc2cccc3ccccc23)c2cccc(-c3c(C)n[nH]c3C)c2n1CCN1CCOCC1. The summed E-state index contributed by atoms with van der Waals surface area (Å²) in [7, 11) is 0. The minimum Gasteiger partial charge on any atom is -0.493 e. The normalized spacial score (nSPS) is 14.0. The predicted molar refractivity (Wildman–Crippen MR) is 170 cm³/mol. The van der Waals surface area contributed by atoms with Gasteiger partial charge in [-0.3, -0.25) is 10.00 Å². The van der Waals surface area contributed by atoms with Crippen LogP contribution in [0.1, 0.15) is 40.8 Å². The average molecular weight is 581 g/mol. The van der Waals surface area contributed by atoms with Gasteiger partial charge in [0.1, 0.15) is 11.4 Å². The Morgan fingerprint density at radius 1 is 0.977 bits per heavy atom. The fourth-order valence-corrected chi connectivity index (χ4v) is 6.36. The zero-order chi connectivity index (χ0) is 29.8. The molecule has 1 aliphatic heterocycles. The average Bonchev–Trinajstić information content (AvgIpc) is 3.54. The van der Waals surface area contributed by atoms with Crippen LogP contribution in [0.2, 0.25) is 0 Å². The largest absolute Gasteiger partial charge is 0.493 e. The number of hydrogen-bond acceptors (Lipinski definition) is 6. The number of H-pyrrole nitrogens is 1. The number of fused-ring (bicyclic) bond motifs is 2. The first kappa shape index (κ1) is 29.0. The highest BCUT2D eigenvalue weighted by Crippen LogP contribution is 2.38. The molecule has 3 heterocycles. The summed E-state index contributed by atoms with van der Waals surface area (Å²) in [5.74, 6) is 0.599. The van der Waals surface area contributed by atoms with Crippen molar-refractivity contribution in [2.75, 3.05) is 46.1 Å². The summed E-state index contributed by atoms with van der Waals surface area (Å²) in [5.41, 5.74) is 6.81. The summed E-state index contributed by atoms with van der Waals surface area (Å²) >= 11 is 0. The predicted octanol–water partition coefficient (Wildman–Crippen LogP) is 6.32. The Morgan fingerprint density at radius 2 is 1.74 bits per heavy atom. The molecular formula is C35H40N4O4. The lowest BCUT2D eigenvalue weighted by molar-refractivity contribution is 0.0359. The fourth-order valence-electron chi connectivity index (χ4n) is 6.36. The second-order valence-electron chi connectivity index (χ2n) is 11.1. The monoisotopic (exact) mass is 580 g/mol. The van der Waals surface area contributed by atoms with Crippen molar-refractivity contribution < 1.29 is 19.0 Å². The van der Waals surface area contributed by atoms with E-state index < -0.39 is 0 Å². The number of para-hydroxylation sites is 1. The van der Waals surface area contributed by atoms with Gasteiger partial charge in [0, 0.05) is 53.8 Å². The van der Waals surface area contributed by atoms with Crippen molar-refractivity contribution in [3.05, 3.63) is 83.3 Å². The van der Waals surface area contributed by atoms with E-state index in [9.17, 15) is 4.79 Å². The highest BCUT2D eigenvalue weighted by Gasteiger charge is 2.27. The number of benzene rings is 3. The highest BCUT2D eigenvalue weighted by atomic mass is 16.5. The number of hydrogen-bond donors (Lipinski definition) is 1. The number of carbonyl (C=O) groups excluding carboxylic acids is 1. The Balaban J connectivity index is 1.38. The molecule has 1 N–H and O–H groups in total. The lowest BCUT2D eigenvalue weighted by Crippen LogP contribution is -2.38. The number of rotatable bonds is 11. The van der Waals surface area contributed by atoms with Gasteiger partial charge in [0.2, 0.25) is 0 Å². The highest BCUT2D eigenvalue weighted by molar-refractivity contribution is 6.04. The minimum atomic E-state index is -0.280. The number of aromatic amines is 1. The van der Waals surface area contributed by atoms with E-state index in [1.807, 2.05) is 45.0 Å². The molecule has 1 aliphatic rings. The lowest BCUT2D eigenvalue weighted by Gasteiger charge is -2.27. The maximum absolute atomic E-state index is 13.7. The van der Waals surface area contributed by atoms with Crippen molar-refractivity contribution in [2.24, 2.45) is 0 Å². The summed E-state index contributed by atoms with van der Waals surface area (Å²) in [6.07, 6.45) is 1.44. The van der Waals surface area contributed by atoms with E-state index in [0.717, 1.165) is 94.8 Å². The van der Waals surface area contributed by atoms with Gasteiger partial charge in [-0.05, 0) is 50.6 Å². The number of nitrogens with zero attached hydrogens (tertiary/aromatic N) is 3. The molecule has 0 unspecified atom stereocenters. The van der Waals surface area contributed by atoms with Gasteiger partial charge in [-0.2, -0.15) is 5.10 Å². The molecule has 0 atom stereocenters. The number of nitrogens with one attached hydrogen (secondary N) is 1. The van der Waals surface area contributed by atoms with Crippen LogP contribution in [-0.2, 0) is 22.4 Å². The van der Waals surface area contributed by atoms with Crippen molar-refractivity contribution in [3.8, 4) is 16.9 Å². The van der Waals surface area contributed by atoms with E-state index in [0.29, 0.717) is 31.9 Å². The number of ether oxygens (including phenoxy) is 3. The van der Waals surface area contributed by atoms with Crippen LogP contribution < -0.4 is 4.74 Å². The lowest BCUT2D eigenvalue weighted by atomic mass is 9.98. The maximum atomic E-state index is 13.7. The molecule has 1 fully saturated rings. The van der Waals surface area contributed by atoms with Crippen LogP contribution in [0.15, 0.2) is 60.7 Å². The van der Waals surface area contributed by atoms with Gasteiger partial charge in [0.25, 0.3) is 0 Å². The molecule has 8 nitrogen and oxygen atoms in total. The van der Waals surface area contributed by atoms with Crippen LogP contribution in [0.25, 0.3) is 32.8 Å². The standard InChI is InChI=1S/C35H40N4O4/c1-4-42-35(40)34-29(15-9-21-43-31-16-7-11-26-10-5-6-12-27(26)31)28-13-8-14-30(32-24(2)36-37-25(32)3)33(28)39(34)18-17-38-19-22-41-23-20-38/h5-8,10-14,16H,4,9,15,17-23H2,1-3H3,(H,36,37). The van der Waals surface area contributed by atoms with Crippen LogP contribution in [0, 0.1) is 13.8 Å². The molecule has 0 radical (unpaired) electrons. The van der Waals surface area contributed by atoms with Gasteiger partial charge in [-0.15, -0.1) is 0 Å². The summed E-state index contributed by atoms with van der Waals surface area (Å²) in [5, 5.41) is 11.0.